The molecular weight excluding hydrogens is 417 g/mol. The van der Waals surface area contributed by atoms with Gasteiger partial charge in [0.05, 0.1) is 10.7 Å². The summed E-state index contributed by atoms with van der Waals surface area (Å²) in [6, 6.07) is 19.7. The lowest BCUT2D eigenvalue weighted by molar-refractivity contribution is -0.136. The predicted molar refractivity (Wildman–Crippen MR) is 114 cm³/mol. The Hall–Kier alpha value is -2.34. The second kappa shape index (κ2) is 9.24. The topological polar surface area (TPSA) is 72.5 Å². The highest BCUT2D eigenvalue weighted by molar-refractivity contribution is 8.00. The van der Waals surface area contributed by atoms with Gasteiger partial charge in [-0.15, -0.1) is 11.8 Å². The lowest BCUT2D eigenvalue weighted by atomic mass is 10.1. The first-order valence-electron chi connectivity index (χ1n) is 8.35. The molecule has 0 aliphatic rings. The van der Waals surface area contributed by atoms with E-state index < -0.39 is 11.2 Å². The molecule has 1 unspecified atom stereocenters. The summed E-state index contributed by atoms with van der Waals surface area (Å²) < 4.78 is 5.75. The summed E-state index contributed by atoms with van der Waals surface area (Å²) in [5.41, 5.74) is 7.61. The van der Waals surface area contributed by atoms with Gasteiger partial charge in [-0.3, -0.25) is 4.79 Å². The summed E-state index contributed by atoms with van der Waals surface area (Å²) in [6.45, 7) is 0.178. The fourth-order valence-electron chi connectivity index (χ4n) is 2.54. The predicted octanol–water partition coefficient (Wildman–Crippen LogP) is 6.07. The van der Waals surface area contributed by atoms with E-state index in [1.165, 1.54) is 11.8 Å². The maximum absolute atomic E-state index is 11.6. The summed E-state index contributed by atoms with van der Waals surface area (Å²) in [5, 5.41) is 9.73. The molecule has 3 N–H and O–H groups in total. The fourth-order valence-corrected chi connectivity index (χ4v) is 3.98. The Morgan fingerprint density at radius 2 is 1.71 bits per heavy atom. The minimum atomic E-state index is -0.887. The van der Waals surface area contributed by atoms with Crippen LogP contribution in [-0.2, 0) is 11.4 Å². The van der Waals surface area contributed by atoms with Gasteiger partial charge in [-0.25, -0.2) is 0 Å². The van der Waals surface area contributed by atoms with E-state index in [0.29, 0.717) is 27.0 Å². The van der Waals surface area contributed by atoms with Crippen LogP contribution in [0.4, 0.5) is 5.69 Å². The van der Waals surface area contributed by atoms with Crippen molar-refractivity contribution in [3.63, 3.8) is 0 Å². The highest BCUT2D eigenvalue weighted by atomic mass is 35.5. The molecule has 28 heavy (non-hydrogen) atoms. The van der Waals surface area contributed by atoms with Gasteiger partial charge >= 0.3 is 5.97 Å². The number of halogens is 2. The molecule has 0 saturated carbocycles. The highest BCUT2D eigenvalue weighted by Gasteiger charge is 2.21. The average Bonchev–Trinajstić information content (AvgIpc) is 2.70. The standard InChI is InChI=1S/C21H17Cl2NO3S/c22-17-10-11-18(24)19(23)16(17)12-27-14-6-8-15(9-7-14)28-20(21(25)26)13-4-2-1-3-5-13/h1-11,20H,12,24H2,(H,25,26). The number of benzene rings is 3. The highest BCUT2D eigenvalue weighted by Crippen LogP contribution is 2.36. The number of carboxylic acid groups (broad SMARTS) is 1. The number of aliphatic carboxylic acids is 1. The number of nitrogens with two attached hydrogens (primary N) is 1. The maximum atomic E-state index is 11.6. The Balaban J connectivity index is 1.68. The molecule has 0 aliphatic heterocycles. The van der Waals surface area contributed by atoms with Crippen LogP contribution >= 0.6 is 35.0 Å². The van der Waals surface area contributed by atoms with Crippen LogP contribution in [0.15, 0.2) is 71.6 Å². The molecule has 0 saturated heterocycles. The number of nitrogen functional groups attached to an aromatic ring is 1. The summed E-state index contributed by atoms with van der Waals surface area (Å²) in [6.07, 6.45) is 0. The molecule has 0 heterocycles. The summed E-state index contributed by atoms with van der Waals surface area (Å²) >= 11 is 13.6. The average molecular weight is 434 g/mol. The number of anilines is 1. The number of hydrogen-bond acceptors (Lipinski definition) is 4. The molecule has 3 rings (SSSR count). The number of carbonyl (C=O) groups is 1. The third-order valence-corrected chi connectivity index (χ3v) is 6.06. The Kier molecular flexibility index (Phi) is 6.73. The van der Waals surface area contributed by atoms with Gasteiger partial charge < -0.3 is 15.6 Å². The molecule has 0 bridgehead atoms. The van der Waals surface area contributed by atoms with Crippen LogP contribution in [0.2, 0.25) is 10.0 Å². The zero-order valence-corrected chi connectivity index (χ0v) is 17.0. The maximum Gasteiger partial charge on any atom is 0.321 e. The van der Waals surface area contributed by atoms with E-state index in [0.717, 1.165) is 10.5 Å². The van der Waals surface area contributed by atoms with E-state index >= 15 is 0 Å². The summed E-state index contributed by atoms with van der Waals surface area (Å²) in [5.74, 6) is -0.270. The van der Waals surface area contributed by atoms with Crippen molar-refractivity contribution in [2.75, 3.05) is 5.73 Å². The first-order chi connectivity index (χ1) is 13.5. The van der Waals surface area contributed by atoms with Crippen LogP contribution in [-0.4, -0.2) is 11.1 Å². The number of carboxylic acids is 1. The smallest absolute Gasteiger partial charge is 0.321 e. The SMILES string of the molecule is Nc1ccc(Cl)c(COc2ccc(SC(C(=O)O)c3ccccc3)cc2)c1Cl. The molecule has 1 atom stereocenters. The van der Waals surface area contributed by atoms with E-state index in [4.69, 9.17) is 33.7 Å². The molecule has 7 heteroatoms. The first-order valence-corrected chi connectivity index (χ1v) is 9.99. The van der Waals surface area contributed by atoms with Gasteiger partial charge in [-0.2, -0.15) is 0 Å². The van der Waals surface area contributed by atoms with Gasteiger partial charge in [0.1, 0.15) is 17.6 Å². The molecule has 0 aliphatic carbocycles. The Morgan fingerprint density at radius 3 is 2.36 bits per heavy atom. The molecule has 144 valence electrons. The van der Waals surface area contributed by atoms with Gasteiger partial charge in [-0.1, -0.05) is 53.5 Å². The van der Waals surface area contributed by atoms with Crippen LogP contribution in [0.25, 0.3) is 0 Å². The van der Waals surface area contributed by atoms with Crippen LogP contribution < -0.4 is 10.5 Å². The molecule has 0 radical (unpaired) electrons. The summed E-state index contributed by atoms with van der Waals surface area (Å²) in [4.78, 5) is 12.5. The van der Waals surface area contributed by atoms with Gasteiger partial charge in [0.2, 0.25) is 0 Å². The van der Waals surface area contributed by atoms with Crippen LogP contribution in [0.5, 0.6) is 5.75 Å². The molecule has 0 spiro atoms. The largest absolute Gasteiger partial charge is 0.489 e. The lowest BCUT2D eigenvalue weighted by Gasteiger charge is -2.14. The van der Waals surface area contributed by atoms with Crippen molar-refractivity contribution in [2.24, 2.45) is 0 Å². The van der Waals surface area contributed by atoms with Crippen LogP contribution in [0, 0.1) is 0 Å². The minimum absolute atomic E-state index is 0.178. The van der Waals surface area contributed by atoms with E-state index in [-0.39, 0.29) is 6.61 Å². The molecule has 3 aromatic rings. The monoisotopic (exact) mass is 433 g/mol. The van der Waals surface area contributed by atoms with Crippen molar-refractivity contribution in [1.29, 1.82) is 0 Å². The van der Waals surface area contributed by atoms with Crippen LogP contribution in [0.3, 0.4) is 0 Å². The number of ether oxygens (including phenoxy) is 1. The van der Waals surface area contributed by atoms with Gasteiger partial charge in [0.15, 0.2) is 0 Å². The Bertz CT molecular complexity index is 965. The van der Waals surface area contributed by atoms with Crippen molar-refractivity contribution in [3.8, 4) is 5.75 Å². The molecule has 0 aromatic heterocycles. The fraction of sp³-hybridized carbons (Fsp3) is 0.0952. The van der Waals surface area contributed by atoms with Gasteiger partial charge in [0, 0.05) is 15.5 Å². The van der Waals surface area contributed by atoms with Crippen molar-refractivity contribution in [2.45, 2.75) is 16.8 Å². The lowest BCUT2D eigenvalue weighted by Crippen LogP contribution is -2.07. The van der Waals surface area contributed by atoms with Crippen LogP contribution in [0.1, 0.15) is 16.4 Å². The minimum Gasteiger partial charge on any atom is -0.489 e. The third-order valence-electron chi connectivity index (χ3n) is 4.00. The molecule has 0 amide bonds. The molecular formula is C21H17Cl2NO3S. The quantitative estimate of drug-likeness (QED) is 0.349. The van der Waals surface area contributed by atoms with Gasteiger partial charge in [-0.05, 0) is 42.0 Å². The van der Waals surface area contributed by atoms with Crippen molar-refractivity contribution < 1.29 is 14.6 Å². The zero-order valence-electron chi connectivity index (χ0n) is 14.6. The van der Waals surface area contributed by atoms with E-state index in [2.05, 4.69) is 0 Å². The van der Waals surface area contributed by atoms with E-state index in [1.54, 1.807) is 24.3 Å². The zero-order chi connectivity index (χ0) is 20.1. The molecule has 3 aromatic carbocycles. The second-order valence-electron chi connectivity index (χ2n) is 5.94. The van der Waals surface area contributed by atoms with E-state index in [9.17, 15) is 9.90 Å². The molecule has 4 nitrogen and oxygen atoms in total. The number of hydrogen-bond donors (Lipinski definition) is 2. The Labute approximate surface area is 177 Å². The van der Waals surface area contributed by atoms with Crippen molar-refractivity contribution in [3.05, 3.63) is 87.9 Å². The Morgan fingerprint density at radius 1 is 1.04 bits per heavy atom. The summed E-state index contributed by atoms with van der Waals surface area (Å²) in [7, 11) is 0. The number of rotatable bonds is 7. The van der Waals surface area contributed by atoms with Crippen molar-refractivity contribution in [1.82, 2.24) is 0 Å². The van der Waals surface area contributed by atoms with Crippen molar-refractivity contribution >= 4 is 46.6 Å². The number of thioether (sulfide) groups is 1. The normalized spacial score (nSPS) is 11.8. The van der Waals surface area contributed by atoms with Gasteiger partial charge in [0.25, 0.3) is 0 Å². The van der Waals surface area contributed by atoms with E-state index in [1.807, 2.05) is 42.5 Å². The third kappa shape index (κ3) is 4.93. The molecule has 0 fully saturated rings. The first kappa shape index (κ1) is 20.4. The second-order valence-corrected chi connectivity index (χ2v) is 7.90.